The quantitative estimate of drug-likeness (QED) is 0.376. The van der Waals surface area contributed by atoms with Crippen molar-refractivity contribution >= 4 is 17.9 Å². The lowest BCUT2D eigenvalue weighted by Crippen LogP contribution is -2.55. The molecule has 0 aliphatic carbocycles. The number of ether oxygens (including phenoxy) is 1. The maximum atomic E-state index is 13.8. The molecule has 0 radical (unpaired) electrons. The Morgan fingerprint density at radius 2 is 1.82 bits per heavy atom. The fourth-order valence-electron chi connectivity index (χ4n) is 3.42. The highest BCUT2D eigenvalue weighted by atomic mass is 16.6. The van der Waals surface area contributed by atoms with Gasteiger partial charge in [0.1, 0.15) is 17.7 Å². The zero-order valence-electron chi connectivity index (χ0n) is 21.2. The highest BCUT2D eigenvalue weighted by Gasteiger charge is 2.37. The van der Waals surface area contributed by atoms with Gasteiger partial charge in [0, 0.05) is 13.1 Å². The molecule has 33 heavy (non-hydrogen) atoms. The van der Waals surface area contributed by atoms with E-state index < -0.39 is 23.8 Å². The molecule has 1 rings (SSSR count). The van der Waals surface area contributed by atoms with Crippen LogP contribution in [0.4, 0.5) is 4.79 Å². The van der Waals surface area contributed by atoms with Crippen LogP contribution in [0.3, 0.4) is 0 Å². The molecule has 7 heteroatoms. The molecule has 1 aromatic rings. The van der Waals surface area contributed by atoms with Gasteiger partial charge in [-0.25, -0.2) is 4.79 Å². The molecule has 7 nitrogen and oxygen atoms in total. The van der Waals surface area contributed by atoms with Crippen LogP contribution >= 0.6 is 0 Å². The van der Waals surface area contributed by atoms with Gasteiger partial charge in [-0.1, -0.05) is 57.5 Å². The Morgan fingerprint density at radius 3 is 2.33 bits per heavy atom. The van der Waals surface area contributed by atoms with E-state index in [-0.39, 0.29) is 24.3 Å². The van der Waals surface area contributed by atoms with E-state index in [4.69, 9.17) is 4.74 Å². The van der Waals surface area contributed by atoms with Gasteiger partial charge in [0.2, 0.25) is 11.8 Å². The number of carbonyl (C=O) groups excluding carboxylic acids is 3. The van der Waals surface area contributed by atoms with Crippen molar-refractivity contribution in [1.29, 1.82) is 0 Å². The minimum Gasteiger partial charge on any atom is -0.444 e. The van der Waals surface area contributed by atoms with E-state index in [0.29, 0.717) is 6.54 Å². The van der Waals surface area contributed by atoms with Crippen LogP contribution in [-0.2, 0) is 14.3 Å². The average molecular weight is 460 g/mol. The van der Waals surface area contributed by atoms with Gasteiger partial charge in [-0.3, -0.25) is 9.59 Å². The molecular formula is C26H41N3O4. The number of rotatable bonds is 11. The third-order valence-electron chi connectivity index (χ3n) is 5.09. The fourth-order valence-corrected chi connectivity index (χ4v) is 3.42. The van der Waals surface area contributed by atoms with Crippen molar-refractivity contribution < 1.29 is 19.1 Å². The minimum absolute atomic E-state index is 0.151. The summed E-state index contributed by atoms with van der Waals surface area (Å²) in [5.41, 5.74) is 0.941. The molecule has 3 amide bonds. The van der Waals surface area contributed by atoms with E-state index >= 15 is 0 Å². The molecule has 0 fully saturated rings. The van der Waals surface area contributed by atoms with Gasteiger partial charge in [-0.05, 0) is 51.2 Å². The number of benzene rings is 1. The Bertz CT molecular complexity index is 814. The van der Waals surface area contributed by atoms with Gasteiger partial charge in [-0.15, -0.1) is 6.58 Å². The molecule has 0 bridgehead atoms. The van der Waals surface area contributed by atoms with E-state index in [1.807, 2.05) is 52.0 Å². The van der Waals surface area contributed by atoms with Crippen molar-refractivity contribution in [2.45, 2.75) is 79.0 Å². The molecular weight excluding hydrogens is 418 g/mol. The first-order chi connectivity index (χ1) is 15.4. The van der Waals surface area contributed by atoms with Crippen LogP contribution in [0.2, 0.25) is 0 Å². The summed E-state index contributed by atoms with van der Waals surface area (Å²) in [5.74, 6) is -0.847. The molecule has 2 atom stereocenters. The van der Waals surface area contributed by atoms with E-state index in [1.54, 1.807) is 26.8 Å². The minimum atomic E-state index is -0.866. The lowest BCUT2D eigenvalue weighted by molar-refractivity contribution is -0.142. The normalized spacial score (nSPS) is 13.1. The van der Waals surface area contributed by atoms with Crippen molar-refractivity contribution in [3.63, 3.8) is 0 Å². The second-order valence-corrected chi connectivity index (χ2v) is 9.55. The van der Waals surface area contributed by atoms with Crippen LogP contribution in [0.25, 0.3) is 0 Å². The summed E-state index contributed by atoms with van der Waals surface area (Å²) in [6.45, 7) is 17.4. The van der Waals surface area contributed by atoms with Crippen LogP contribution in [-0.4, -0.2) is 47.5 Å². The van der Waals surface area contributed by atoms with Gasteiger partial charge in [0.15, 0.2) is 0 Å². The topological polar surface area (TPSA) is 87.7 Å². The van der Waals surface area contributed by atoms with Crippen molar-refractivity contribution in [3.05, 3.63) is 48.0 Å². The molecule has 0 saturated heterocycles. The monoisotopic (exact) mass is 459 g/mol. The Morgan fingerprint density at radius 1 is 1.18 bits per heavy atom. The summed E-state index contributed by atoms with van der Waals surface area (Å²) in [6.07, 6.45) is 2.71. The maximum Gasteiger partial charge on any atom is 0.408 e. The Kier molecular flexibility index (Phi) is 11.1. The third kappa shape index (κ3) is 8.91. The average Bonchev–Trinajstić information content (AvgIpc) is 2.71. The predicted molar refractivity (Wildman–Crippen MR) is 132 cm³/mol. The van der Waals surface area contributed by atoms with Gasteiger partial charge < -0.3 is 20.3 Å². The lowest BCUT2D eigenvalue weighted by Gasteiger charge is -2.35. The smallest absolute Gasteiger partial charge is 0.408 e. The summed E-state index contributed by atoms with van der Waals surface area (Å²) in [6, 6.07) is 5.80. The highest BCUT2D eigenvalue weighted by molar-refractivity contribution is 5.92. The molecule has 0 aliphatic rings. The van der Waals surface area contributed by atoms with E-state index in [9.17, 15) is 14.4 Å². The van der Waals surface area contributed by atoms with Crippen LogP contribution in [0, 0.1) is 12.8 Å². The molecule has 2 unspecified atom stereocenters. The van der Waals surface area contributed by atoms with Crippen LogP contribution in [0.1, 0.15) is 71.6 Å². The summed E-state index contributed by atoms with van der Waals surface area (Å²) in [7, 11) is 0. The summed E-state index contributed by atoms with van der Waals surface area (Å²) in [5, 5.41) is 5.67. The molecule has 1 aromatic carbocycles. The number of aryl methyl sites for hydroxylation is 1. The summed E-state index contributed by atoms with van der Waals surface area (Å²) >= 11 is 0. The van der Waals surface area contributed by atoms with Crippen molar-refractivity contribution in [2.75, 3.05) is 13.1 Å². The number of carbonyl (C=O) groups is 3. The Hall–Kier alpha value is -2.83. The van der Waals surface area contributed by atoms with Crippen LogP contribution in [0.15, 0.2) is 36.9 Å². The largest absolute Gasteiger partial charge is 0.444 e. The van der Waals surface area contributed by atoms with Gasteiger partial charge in [-0.2, -0.15) is 0 Å². The first-order valence-electron chi connectivity index (χ1n) is 11.7. The van der Waals surface area contributed by atoms with Crippen molar-refractivity contribution in [1.82, 2.24) is 15.5 Å². The SMILES string of the molecule is C=CCN(C(=O)C(NC(=O)OC(C)(C)C)C(C)C)C(C(=O)NCCCC)c1ccccc1C. The van der Waals surface area contributed by atoms with Crippen molar-refractivity contribution in [3.8, 4) is 0 Å². The maximum absolute atomic E-state index is 13.8. The second kappa shape index (κ2) is 13.0. The molecule has 184 valence electrons. The predicted octanol–water partition coefficient (Wildman–Crippen LogP) is 4.52. The van der Waals surface area contributed by atoms with E-state index in [0.717, 1.165) is 24.0 Å². The van der Waals surface area contributed by atoms with Gasteiger partial charge in [0.25, 0.3) is 0 Å². The molecule has 0 saturated carbocycles. The second-order valence-electron chi connectivity index (χ2n) is 9.55. The highest BCUT2D eigenvalue weighted by Crippen LogP contribution is 2.26. The number of unbranched alkanes of at least 4 members (excludes halogenated alkanes) is 1. The molecule has 0 heterocycles. The first kappa shape index (κ1) is 28.2. The molecule has 2 N–H and O–H groups in total. The number of nitrogens with zero attached hydrogens (tertiary/aromatic N) is 1. The zero-order chi connectivity index (χ0) is 25.2. The van der Waals surface area contributed by atoms with Crippen molar-refractivity contribution in [2.24, 2.45) is 5.92 Å². The Labute approximate surface area is 198 Å². The Balaban J connectivity index is 3.37. The molecule has 0 aliphatic heterocycles. The lowest BCUT2D eigenvalue weighted by atomic mass is 9.96. The number of alkyl carbamates (subject to hydrolysis) is 1. The number of hydrogen-bond donors (Lipinski definition) is 2. The molecule has 0 spiro atoms. The first-order valence-corrected chi connectivity index (χ1v) is 11.7. The standard InChI is InChI=1S/C26H41N3O4/c1-9-11-16-27-23(30)22(20-15-13-12-14-19(20)5)29(17-10-2)24(31)21(18(3)4)28-25(32)33-26(6,7)8/h10,12-15,18,21-22H,2,9,11,16-17H2,1,3-8H3,(H,27,30)(H,28,32). The van der Waals surface area contributed by atoms with Gasteiger partial charge >= 0.3 is 6.09 Å². The summed E-state index contributed by atoms with van der Waals surface area (Å²) < 4.78 is 5.37. The third-order valence-corrected chi connectivity index (χ3v) is 5.09. The molecule has 0 aromatic heterocycles. The van der Waals surface area contributed by atoms with Gasteiger partial charge in [0.05, 0.1) is 0 Å². The summed E-state index contributed by atoms with van der Waals surface area (Å²) in [4.78, 5) is 41.0. The number of amides is 3. The number of nitrogens with one attached hydrogen (secondary N) is 2. The number of hydrogen-bond acceptors (Lipinski definition) is 4. The van der Waals surface area contributed by atoms with Crippen LogP contribution in [0.5, 0.6) is 0 Å². The fraction of sp³-hybridized carbons (Fsp3) is 0.577. The van der Waals surface area contributed by atoms with E-state index in [1.165, 1.54) is 4.90 Å². The van der Waals surface area contributed by atoms with Crippen LogP contribution < -0.4 is 10.6 Å². The zero-order valence-corrected chi connectivity index (χ0v) is 21.2. The van der Waals surface area contributed by atoms with E-state index in [2.05, 4.69) is 17.2 Å².